The van der Waals surface area contributed by atoms with Gasteiger partial charge in [-0.05, 0) is 43.0 Å². The molecule has 32 heavy (non-hydrogen) atoms. The normalized spacial score (nSPS) is 17.4. The monoisotopic (exact) mass is 458 g/mol. The smallest absolute Gasteiger partial charge is 0.219 e. The van der Waals surface area contributed by atoms with Gasteiger partial charge in [-0.3, -0.25) is 4.79 Å². The van der Waals surface area contributed by atoms with Gasteiger partial charge in [-0.1, -0.05) is 24.2 Å². The van der Waals surface area contributed by atoms with Crippen LogP contribution in [0.25, 0.3) is 0 Å². The molecular formula is C23H26N2O6S. The molecule has 1 aromatic heterocycles. The van der Waals surface area contributed by atoms with Crippen molar-refractivity contribution in [1.29, 1.82) is 0 Å². The molecule has 8 nitrogen and oxygen atoms in total. The van der Waals surface area contributed by atoms with Gasteiger partial charge in [-0.2, -0.15) is 0 Å². The van der Waals surface area contributed by atoms with Crippen LogP contribution in [-0.4, -0.2) is 42.9 Å². The van der Waals surface area contributed by atoms with E-state index in [9.17, 15) is 18.3 Å². The number of nitrogens with zero attached hydrogens (tertiary/aromatic N) is 2. The van der Waals surface area contributed by atoms with Crippen molar-refractivity contribution in [3.63, 3.8) is 0 Å². The van der Waals surface area contributed by atoms with Gasteiger partial charge in [0.05, 0.1) is 16.2 Å². The van der Waals surface area contributed by atoms with Gasteiger partial charge in [0, 0.05) is 31.4 Å². The molecule has 0 spiro atoms. The quantitative estimate of drug-likeness (QED) is 0.462. The van der Waals surface area contributed by atoms with Gasteiger partial charge in [0.2, 0.25) is 5.88 Å². The average molecular weight is 459 g/mol. The highest BCUT2D eigenvalue weighted by atomic mass is 32.2. The standard InChI is InChI=1S/C23H26N2O6S/c1-4-19(25-30-5-2)23-20(26)12-16(13-21(23)27)15-7-6-8-17(11-15)31-22-10-9-18(14-24-22)32(3,28)29/h6-11,14,16,26H,4-5,12-13H2,1-3H3/b25-19-. The third-order valence-corrected chi connectivity index (χ3v) is 6.15. The highest BCUT2D eigenvalue weighted by Crippen LogP contribution is 2.36. The molecule has 0 amide bonds. The minimum absolute atomic E-state index is 0.0101. The second-order valence-electron chi connectivity index (χ2n) is 7.44. The summed E-state index contributed by atoms with van der Waals surface area (Å²) in [5.41, 5.74) is 1.54. The number of carbonyl (C=O) groups is 1. The molecule has 1 unspecified atom stereocenters. The summed E-state index contributed by atoms with van der Waals surface area (Å²) >= 11 is 0. The van der Waals surface area contributed by atoms with Crippen LogP contribution in [0, 0.1) is 0 Å². The first-order chi connectivity index (χ1) is 15.2. The van der Waals surface area contributed by atoms with Crippen molar-refractivity contribution in [1.82, 2.24) is 4.98 Å². The van der Waals surface area contributed by atoms with E-state index in [1.807, 2.05) is 13.0 Å². The van der Waals surface area contributed by atoms with Crippen molar-refractivity contribution in [2.75, 3.05) is 12.9 Å². The molecule has 0 radical (unpaired) electrons. The number of hydrogen-bond donors (Lipinski definition) is 1. The molecular weight excluding hydrogens is 432 g/mol. The van der Waals surface area contributed by atoms with Crippen molar-refractivity contribution in [2.45, 2.75) is 43.9 Å². The van der Waals surface area contributed by atoms with Crippen LogP contribution in [0.1, 0.15) is 44.6 Å². The van der Waals surface area contributed by atoms with E-state index in [0.29, 0.717) is 30.9 Å². The maximum absolute atomic E-state index is 12.8. The van der Waals surface area contributed by atoms with Crippen LogP contribution in [0.2, 0.25) is 0 Å². The van der Waals surface area contributed by atoms with E-state index in [0.717, 1.165) is 11.8 Å². The number of ketones is 1. The Labute approximate surface area is 187 Å². The molecule has 0 bridgehead atoms. The average Bonchev–Trinajstić information content (AvgIpc) is 2.75. The number of allylic oxidation sites excluding steroid dienone is 2. The molecule has 1 heterocycles. The Balaban J connectivity index is 1.79. The second kappa shape index (κ2) is 9.95. The fourth-order valence-corrected chi connectivity index (χ4v) is 4.05. The number of rotatable bonds is 8. The molecule has 0 saturated heterocycles. The van der Waals surface area contributed by atoms with Gasteiger partial charge in [-0.25, -0.2) is 13.4 Å². The number of Topliss-reactive ketones (excluding diaryl/α,β-unsaturated/α-hetero) is 1. The zero-order chi connectivity index (χ0) is 23.3. The Hall–Kier alpha value is -3.20. The summed E-state index contributed by atoms with van der Waals surface area (Å²) < 4.78 is 28.9. The molecule has 0 saturated carbocycles. The number of aromatic nitrogens is 1. The fraction of sp³-hybridized carbons (Fsp3) is 0.348. The lowest BCUT2D eigenvalue weighted by Crippen LogP contribution is -2.23. The van der Waals surface area contributed by atoms with Crippen LogP contribution in [0.15, 0.2) is 64.0 Å². The lowest BCUT2D eigenvalue weighted by molar-refractivity contribution is -0.116. The largest absolute Gasteiger partial charge is 0.511 e. The lowest BCUT2D eigenvalue weighted by Gasteiger charge is -2.24. The van der Waals surface area contributed by atoms with E-state index in [1.54, 1.807) is 25.1 Å². The third-order valence-electron chi connectivity index (χ3n) is 5.06. The third kappa shape index (κ3) is 5.53. The number of aliphatic hydroxyl groups is 1. The van der Waals surface area contributed by atoms with Crippen molar-refractivity contribution in [3.8, 4) is 11.6 Å². The summed E-state index contributed by atoms with van der Waals surface area (Å²) in [5.74, 6) is 0.370. The zero-order valence-electron chi connectivity index (χ0n) is 18.2. The highest BCUT2D eigenvalue weighted by Gasteiger charge is 2.31. The number of benzene rings is 1. The van der Waals surface area contributed by atoms with Crippen LogP contribution in [0.4, 0.5) is 0 Å². The molecule has 1 atom stereocenters. The Morgan fingerprint density at radius 3 is 2.59 bits per heavy atom. The Morgan fingerprint density at radius 1 is 1.22 bits per heavy atom. The Morgan fingerprint density at radius 2 is 2.00 bits per heavy atom. The number of ether oxygens (including phenoxy) is 1. The predicted molar refractivity (Wildman–Crippen MR) is 120 cm³/mol. The second-order valence-corrected chi connectivity index (χ2v) is 9.45. The molecule has 1 aliphatic carbocycles. The molecule has 1 aliphatic rings. The molecule has 1 N–H and O–H groups in total. The van der Waals surface area contributed by atoms with Crippen molar-refractivity contribution < 1.29 is 27.9 Å². The van der Waals surface area contributed by atoms with Crippen LogP contribution in [0.3, 0.4) is 0 Å². The van der Waals surface area contributed by atoms with Crippen LogP contribution in [0.5, 0.6) is 11.6 Å². The number of hydrogen-bond acceptors (Lipinski definition) is 8. The summed E-state index contributed by atoms with van der Waals surface area (Å²) in [6.45, 7) is 4.04. The molecule has 2 aromatic rings. The lowest BCUT2D eigenvalue weighted by atomic mass is 9.81. The van der Waals surface area contributed by atoms with E-state index < -0.39 is 9.84 Å². The van der Waals surface area contributed by atoms with Gasteiger partial charge in [-0.15, -0.1) is 0 Å². The van der Waals surface area contributed by atoms with Crippen LogP contribution in [-0.2, 0) is 19.5 Å². The predicted octanol–water partition coefficient (Wildman–Crippen LogP) is 4.34. The van der Waals surface area contributed by atoms with Gasteiger partial charge in [0.25, 0.3) is 0 Å². The number of pyridine rings is 1. The minimum atomic E-state index is -3.34. The molecule has 9 heteroatoms. The Bertz CT molecular complexity index is 1150. The molecule has 3 rings (SSSR count). The van der Waals surface area contributed by atoms with E-state index in [4.69, 9.17) is 9.57 Å². The SMILES string of the molecule is CCO/N=C(/CC)C1=C(O)CC(c2cccc(Oc3ccc(S(C)(=O)=O)cn3)c2)CC1=O. The van der Waals surface area contributed by atoms with Gasteiger partial charge in [0.15, 0.2) is 15.6 Å². The van der Waals surface area contributed by atoms with Gasteiger partial charge in [0.1, 0.15) is 18.1 Å². The number of oxime groups is 1. The zero-order valence-corrected chi connectivity index (χ0v) is 19.1. The first-order valence-corrected chi connectivity index (χ1v) is 12.2. The molecule has 1 aromatic carbocycles. The van der Waals surface area contributed by atoms with Crippen molar-refractivity contribution in [3.05, 3.63) is 59.5 Å². The maximum Gasteiger partial charge on any atom is 0.219 e. The fourth-order valence-electron chi connectivity index (χ4n) is 3.49. The summed E-state index contributed by atoms with van der Waals surface area (Å²) in [6.07, 6.45) is 3.37. The van der Waals surface area contributed by atoms with Crippen molar-refractivity contribution in [2.24, 2.45) is 5.16 Å². The first kappa shape index (κ1) is 23.5. The van der Waals surface area contributed by atoms with Crippen molar-refractivity contribution >= 4 is 21.3 Å². The summed E-state index contributed by atoms with van der Waals surface area (Å²) in [7, 11) is -3.34. The first-order valence-electron chi connectivity index (χ1n) is 10.3. The minimum Gasteiger partial charge on any atom is -0.511 e. The number of carbonyl (C=O) groups excluding carboxylic acids is 1. The summed E-state index contributed by atoms with van der Waals surface area (Å²) in [4.78, 5) is 22.0. The highest BCUT2D eigenvalue weighted by molar-refractivity contribution is 7.90. The maximum atomic E-state index is 12.8. The van der Waals surface area contributed by atoms with Crippen LogP contribution >= 0.6 is 0 Å². The summed E-state index contributed by atoms with van der Waals surface area (Å²) in [5, 5.41) is 14.6. The summed E-state index contributed by atoms with van der Waals surface area (Å²) in [6, 6.07) is 10.1. The van der Waals surface area contributed by atoms with Gasteiger partial charge >= 0.3 is 0 Å². The van der Waals surface area contributed by atoms with E-state index in [2.05, 4.69) is 10.1 Å². The number of sulfone groups is 1. The van der Waals surface area contributed by atoms with Gasteiger partial charge < -0.3 is 14.7 Å². The Kier molecular flexibility index (Phi) is 7.29. The van der Waals surface area contributed by atoms with E-state index in [-0.39, 0.29) is 40.2 Å². The number of aliphatic hydroxyl groups excluding tert-OH is 1. The van der Waals surface area contributed by atoms with E-state index in [1.165, 1.54) is 18.3 Å². The molecule has 0 aliphatic heterocycles. The molecule has 170 valence electrons. The van der Waals surface area contributed by atoms with Crippen LogP contribution < -0.4 is 4.74 Å². The molecule has 0 fully saturated rings. The van der Waals surface area contributed by atoms with E-state index >= 15 is 0 Å². The topological polar surface area (TPSA) is 115 Å².